The summed E-state index contributed by atoms with van der Waals surface area (Å²) in [5, 5.41) is -1.38. The molecule has 0 N–H and O–H groups in total. The van der Waals surface area contributed by atoms with Crippen LogP contribution < -0.4 is 0 Å². The van der Waals surface area contributed by atoms with E-state index in [1.807, 2.05) is 0 Å². The molecule has 0 radical (unpaired) electrons. The SMILES string of the molecule is [2H]C([2H])(Br)C=C. The van der Waals surface area contributed by atoms with Crippen LogP contribution in [-0.2, 0) is 0 Å². The van der Waals surface area contributed by atoms with Crippen LogP contribution in [0.15, 0.2) is 12.7 Å². The third kappa shape index (κ3) is 2.22. The summed E-state index contributed by atoms with van der Waals surface area (Å²) in [7, 11) is 0. The van der Waals surface area contributed by atoms with Crippen molar-refractivity contribution in [1.82, 2.24) is 0 Å². The van der Waals surface area contributed by atoms with Crippen molar-refractivity contribution in [2.24, 2.45) is 0 Å². The number of hydrogen-bond acceptors (Lipinski definition) is 0. The molecule has 0 saturated heterocycles. The Bertz CT molecular complexity index is 54.3. The van der Waals surface area contributed by atoms with Crippen LogP contribution in [0.1, 0.15) is 2.74 Å². The molecule has 0 bridgehead atoms. The molecule has 0 amide bonds. The molecule has 0 aliphatic heterocycles. The highest BCUT2D eigenvalue weighted by molar-refractivity contribution is 9.09. The number of rotatable bonds is 1. The van der Waals surface area contributed by atoms with Gasteiger partial charge in [-0.05, 0) is 0 Å². The lowest BCUT2D eigenvalue weighted by Gasteiger charge is -1.55. The number of halogens is 1. The fourth-order valence-corrected chi connectivity index (χ4v) is 0. The zero-order valence-electron chi connectivity index (χ0n) is 4.16. The average molecular weight is 123 g/mol. The Balaban J connectivity index is 3.45. The molecular formula is C3H5Br. The highest BCUT2D eigenvalue weighted by atomic mass is 79.9. The first kappa shape index (κ1) is 1.61. The first-order valence-electron chi connectivity index (χ1n) is 1.89. The summed E-state index contributed by atoms with van der Waals surface area (Å²) in [6.07, 6.45) is 1.19. The Morgan fingerprint density at radius 1 is 2.50 bits per heavy atom. The van der Waals surface area contributed by atoms with Gasteiger partial charge < -0.3 is 0 Å². The van der Waals surface area contributed by atoms with E-state index in [1.165, 1.54) is 6.08 Å². The van der Waals surface area contributed by atoms with Crippen molar-refractivity contribution in [3.05, 3.63) is 12.7 Å². The van der Waals surface area contributed by atoms with Gasteiger partial charge in [-0.1, -0.05) is 22.0 Å². The Morgan fingerprint density at radius 2 is 2.75 bits per heavy atom. The summed E-state index contributed by atoms with van der Waals surface area (Å²) >= 11 is 2.69. The monoisotopic (exact) mass is 122 g/mol. The van der Waals surface area contributed by atoms with Crippen LogP contribution in [0.5, 0.6) is 0 Å². The topological polar surface area (TPSA) is 0 Å². The number of hydrogen-bond donors (Lipinski definition) is 0. The Labute approximate surface area is 37.5 Å². The molecule has 0 heterocycles. The van der Waals surface area contributed by atoms with Crippen molar-refractivity contribution in [3.8, 4) is 0 Å². The summed E-state index contributed by atoms with van der Waals surface area (Å²) in [6, 6.07) is 0. The number of alkyl halides is 1. The second kappa shape index (κ2) is 3.22. The Hall–Kier alpha value is 0.220. The van der Waals surface area contributed by atoms with Gasteiger partial charge in [-0.2, -0.15) is 0 Å². The van der Waals surface area contributed by atoms with Crippen LogP contribution >= 0.6 is 15.9 Å². The van der Waals surface area contributed by atoms with E-state index in [0.29, 0.717) is 0 Å². The molecule has 24 valence electrons. The maximum Gasteiger partial charge on any atom is 0.0430 e. The molecule has 0 aromatic carbocycles. The quantitative estimate of drug-likeness (QED) is 0.366. The van der Waals surface area contributed by atoms with Gasteiger partial charge in [-0.3, -0.25) is 0 Å². The summed E-state index contributed by atoms with van der Waals surface area (Å²) in [5.74, 6) is 0. The summed E-state index contributed by atoms with van der Waals surface area (Å²) < 4.78 is 13.3. The molecule has 0 spiro atoms. The van der Waals surface area contributed by atoms with Gasteiger partial charge in [0.2, 0.25) is 0 Å². The van der Waals surface area contributed by atoms with Crippen LogP contribution in [0.4, 0.5) is 0 Å². The molecule has 0 unspecified atom stereocenters. The first-order valence-corrected chi connectivity index (χ1v) is 1.68. The Kier molecular flexibility index (Phi) is 1.29. The molecule has 4 heavy (non-hydrogen) atoms. The highest BCUT2D eigenvalue weighted by Gasteiger charge is 1.47. The van der Waals surface area contributed by atoms with Gasteiger partial charge in [0.25, 0.3) is 0 Å². The summed E-state index contributed by atoms with van der Waals surface area (Å²) in [4.78, 5) is 0. The van der Waals surface area contributed by atoms with E-state index >= 15 is 0 Å². The predicted octanol–water partition coefficient (Wildman–Crippen LogP) is 1.57. The minimum Gasteiger partial charge on any atom is -0.102 e. The van der Waals surface area contributed by atoms with E-state index in [0.717, 1.165) is 0 Å². The second-order valence-corrected chi connectivity index (χ2v) is 0.771. The van der Waals surface area contributed by atoms with E-state index in [-0.39, 0.29) is 0 Å². The van der Waals surface area contributed by atoms with Gasteiger partial charge in [0.15, 0.2) is 0 Å². The van der Waals surface area contributed by atoms with E-state index in [2.05, 4.69) is 22.5 Å². The smallest absolute Gasteiger partial charge is 0.0430 e. The predicted molar refractivity (Wildman–Crippen MR) is 24.0 cm³/mol. The van der Waals surface area contributed by atoms with Gasteiger partial charge in [0.1, 0.15) is 0 Å². The van der Waals surface area contributed by atoms with Crippen molar-refractivity contribution in [2.75, 3.05) is 5.28 Å². The van der Waals surface area contributed by atoms with E-state index in [1.54, 1.807) is 0 Å². The molecule has 0 aliphatic rings. The first-order chi connectivity index (χ1) is 2.56. The molecule has 0 aromatic heterocycles. The third-order valence-corrected chi connectivity index (χ3v) is 0.401. The van der Waals surface area contributed by atoms with Gasteiger partial charge in [-0.25, -0.2) is 0 Å². The molecule has 0 fully saturated rings. The summed E-state index contributed by atoms with van der Waals surface area (Å²) in [5.41, 5.74) is 0. The van der Waals surface area contributed by atoms with E-state index in [9.17, 15) is 0 Å². The molecule has 0 aromatic rings. The normalized spacial score (nSPS) is 17.2. The van der Waals surface area contributed by atoms with Crippen LogP contribution in [0.25, 0.3) is 0 Å². The molecule has 0 saturated carbocycles. The van der Waals surface area contributed by atoms with Crippen molar-refractivity contribution in [1.29, 1.82) is 0 Å². The minimum atomic E-state index is -1.38. The lowest BCUT2D eigenvalue weighted by Crippen LogP contribution is -1.43. The lowest BCUT2D eigenvalue weighted by atomic mass is 10.8. The molecule has 0 rings (SSSR count). The maximum absolute atomic E-state index is 6.65. The number of allylic oxidation sites excluding steroid dienone is 1. The van der Waals surface area contributed by atoms with Gasteiger partial charge >= 0.3 is 0 Å². The molecule has 0 atom stereocenters. The minimum absolute atomic E-state index is 1.19. The highest BCUT2D eigenvalue weighted by Crippen LogP contribution is 1.73. The maximum atomic E-state index is 6.65. The van der Waals surface area contributed by atoms with E-state index in [4.69, 9.17) is 2.74 Å². The van der Waals surface area contributed by atoms with Crippen LogP contribution in [0.2, 0.25) is 0 Å². The van der Waals surface area contributed by atoms with Crippen molar-refractivity contribution in [2.45, 2.75) is 0 Å². The van der Waals surface area contributed by atoms with Crippen molar-refractivity contribution < 1.29 is 2.74 Å². The van der Waals surface area contributed by atoms with Gasteiger partial charge in [0, 0.05) is 8.02 Å². The van der Waals surface area contributed by atoms with Crippen LogP contribution in [0.3, 0.4) is 0 Å². The average Bonchev–Trinajstić information content (AvgIpc) is 1.35. The molecular weight excluding hydrogens is 116 g/mol. The van der Waals surface area contributed by atoms with Crippen LogP contribution in [0, 0.1) is 0 Å². The van der Waals surface area contributed by atoms with Crippen molar-refractivity contribution in [3.63, 3.8) is 0 Å². The van der Waals surface area contributed by atoms with Crippen LogP contribution in [-0.4, -0.2) is 5.28 Å². The second-order valence-electron chi connectivity index (χ2n) is 0.313. The standard InChI is InChI=1S/C3H5Br/c1-2-3-4/h2H,1,3H2/i3D2. The van der Waals surface area contributed by atoms with Crippen molar-refractivity contribution >= 4 is 15.9 Å². The zero-order valence-corrected chi connectivity index (χ0v) is 3.75. The Morgan fingerprint density at radius 3 is 2.75 bits per heavy atom. The fraction of sp³-hybridized carbons (Fsp3) is 0.333. The fourth-order valence-electron chi connectivity index (χ4n) is 0. The zero-order chi connectivity index (χ0) is 5.21. The molecule has 0 nitrogen and oxygen atoms in total. The largest absolute Gasteiger partial charge is 0.102 e. The van der Waals surface area contributed by atoms with Gasteiger partial charge in [0.05, 0.1) is 0 Å². The third-order valence-electron chi connectivity index (χ3n) is 0.0772. The molecule has 0 aliphatic carbocycles. The summed E-state index contributed by atoms with van der Waals surface area (Å²) in [6.45, 7) is 3.21. The van der Waals surface area contributed by atoms with E-state index < -0.39 is 5.28 Å². The molecule has 1 heteroatoms. The lowest BCUT2D eigenvalue weighted by molar-refractivity contribution is 1.87. The van der Waals surface area contributed by atoms with Gasteiger partial charge in [-0.15, -0.1) is 6.58 Å².